The molecule has 1 amide bonds. The molecule has 2 rings (SSSR count). The number of amides is 1. The third kappa shape index (κ3) is 2.75. The molecule has 0 saturated heterocycles. The number of thiazole rings is 1. The molecule has 0 atom stereocenters. The molecule has 94 valence electrons. The highest BCUT2D eigenvalue weighted by atomic mass is 32.1. The van der Waals surface area contributed by atoms with Gasteiger partial charge in [-0.2, -0.15) is 0 Å². The molecule has 18 heavy (non-hydrogen) atoms. The van der Waals surface area contributed by atoms with E-state index in [0.717, 1.165) is 22.6 Å². The fourth-order valence-electron chi connectivity index (χ4n) is 1.64. The summed E-state index contributed by atoms with van der Waals surface area (Å²) in [6, 6.07) is 9.77. The van der Waals surface area contributed by atoms with E-state index in [0.29, 0.717) is 11.6 Å². The maximum absolute atomic E-state index is 11.2. The summed E-state index contributed by atoms with van der Waals surface area (Å²) in [5.41, 5.74) is 7.10. The molecule has 1 aromatic carbocycles. The lowest BCUT2D eigenvalue weighted by Gasteiger charge is -2.01. The first kappa shape index (κ1) is 12.7. The average molecular weight is 262 g/mol. The molecule has 0 unspecified atom stereocenters. The number of primary amides is 1. The highest BCUT2D eigenvalue weighted by Gasteiger charge is 2.15. The molecule has 5 heteroatoms. The van der Waals surface area contributed by atoms with Gasteiger partial charge in [0.2, 0.25) is 0 Å². The van der Waals surface area contributed by atoms with Crippen molar-refractivity contribution in [3.63, 3.8) is 0 Å². The van der Waals surface area contributed by atoms with Gasteiger partial charge in [-0.15, -0.1) is 11.3 Å². The van der Waals surface area contributed by atoms with Crippen LogP contribution >= 0.6 is 11.3 Å². The lowest BCUT2D eigenvalue weighted by atomic mass is 10.1. The van der Waals surface area contributed by atoms with Crippen molar-refractivity contribution >= 4 is 17.2 Å². The number of ether oxygens (including phenoxy) is 1. The topological polar surface area (TPSA) is 65.2 Å². The third-order valence-corrected chi connectivity index (χ3v) is 3.62. The Bertz CT molecular complexity index is 537. The van der Waals surface area contributed by atoms with Crippen molar-refractivity contribution in [1.29, 1.82) is 0 Å². The quantitative estimate of drug-likeness (QED) is 0.897. The molecule has 0 spiro atoms. The van der Waals surface area contributed by atoms with Crippen molar-refractivity contribution in [2.24, 2.45) is 5.73 Å². The standard InChI is InChI=1S/C13H14N2O2S/c1-17-8-7-10-11(9-5-3-2-4-6-9)15-13(18-10)12(14)16/h2-6H,7-8H2,1H3,(H2,14,16). The van der Waals surface area contributed by atoms with E-state index >= 15 is 0 Å². The molecule has 0 fully saturated rings. The van der Waals surface area contributed by atoms with Gasteiger partial charge in [-0.1, -0.05) is 30.3 Å². The van der Waals surface area contributed by atoms with Crippen LogP contribution in [-0.2, 0) is 11.2 Å². The minimum Gasteiger partial charge on any atom is -0.384 e. The monoisotopic (exact) mass is 262 g/mol. The maximum atomic E-state index is 11.2. The summed E-state index contributed by atoms with van der Waals surface area (Å²) in [6.07, 6.45) is 0.728. The highest BCUT2D eigenvalue weighted by molar-refractivity contribution is 7.14. The van der Waals surface area contributed by atoms with Gasteiger partial charge >= 0.3 is 0 Å². The third-order valence-electron chi connectivity index (χ3n) is 2.49. The Hall–Kier alpha value is -1.72. The van der Waals surface area contributed by atoms with Crippen LogP contribution in [0.1, 0.15) is 14.7 Å². The minimum absolute atomic E-state index is 0.347. The van der Waals surface area contributed by atoms with E-state index in [4.69, 9.17) is 10.5 Å². The number of rotatable bonds is 5. The summed E-state index contributed by atoms with van der Waals surface area (Å²) in [6.45, 7) is 0.597. The van der Waals surface area contributed by atoms with Gasteiger partial charge in [-0.25, -0.2) is 4.98 Å². The molecule has 1 heterocycles. The summed E-state index contributed by atoms with van der Waals surface area (Å²) in [5.74, 6) is -0.485. The Labute approximate surface area is 109 Å². The Kier molecular flexibility index (Phi) is 4.07. The zero-order chi connectivity index (χ0) is 13.0. The molecule has 0 aliphatic rings. The van der Waals surface area contributed by atoms with E-state index in [2.05, 4.69) is 4.98 Å². The van der Waals surface area contributed by atoms with Crippen LogP contribution < -0.4 is 5.73 Å². The SMILES string of the molecule is COCCc1sc(C(N)=O)nc1-c1ccccc1. The van der Waals surface area contributed by atoms with E-state index in [9.17, 15) is 4.79 Å². The van der Waals surface area contributed by atoms with Crippen LogP contribution in [0, 0.1) is 0 Å². The molecular weight excluding hydrogens is 248 g/mol. The fourth-order valence-corrected chi connectivity index (χ4v) is 2.56. The van der Waals surface area contributed by atoms with E-state index in [-0.39, 0.29) is 0 Å². The predicted molar refractivity (Wildman–Crippen MR) is 71.6 cm³/mol. The van der Waals surface area contributed by atoms with Crippen molar-refractivity contribution in [1.82, 2.24) is 4.98 Å². The Morgan fingerprint density at radius 1 is 1.39 bits per heavy atom. The molecule has 2 aromatic rings. The van der Waals surface area contributed by atoms with Crippen LogP contribution in [0.15, 0.2) is 30.3 Å². The summed E-state index contributed by atoms with van der Waals surface area (Å²) in [5, 5.41) is 0.347. The van der Waals surface area contributed by atoms with E-state index < -0.39 is 5.91 Å². The van der Waals surface area contributed by atoms with E-state index in [1.54, 1.807) is 7.11 Å². The number of nitrogens with zero attached hydrogens (tertiary/aromatic N) is 1. The number of benzene rings is 1. The summed E-state index contributed by atoms with van der Waals surface area (Å²) in [4.78, 5) is 16.6. The lowest BCUT2D eigenvalue weighted by molar-refractivity contribution is 0.1000. The Morgan fingerprint density at radius 3 is 2.72 bits per heavy atom. The molecule has 0 aliphatic heterocycles. The highest BCUT2D eigenvalue weighted by Crippen LogP contribution is 2.28. The maximum Gasteiger partial charge on any atom is 0.277 e. The second-order valence-corrected chi connectivity index (χ2v) is 4.85. The lowest BCUT2D eigenvalue weighted by Crippen LogP contribution is -2.10. The Balaban J connectivity index is 2.40. The second kappa shape index (κ2) is 5.75. The average Bonchev–Trinajstić information content (AvgIpc) is 2.81. The van der Waals surface area contributed by atoms with Crippen molar-refractivity contribution in [3.05, 3.63) is 40.2 Å². The summed E-state index contributed by atoms with van der Waals surface area (Å²) >= 11 is 1.34. The molecule has 0 saturated carbocycles. The predicted octanol–water partition coefficient (Wildman–Crippen LogP) is 2.10. The first-order chi connectivity index (χ1) is 8.72. The molecule has 0 aliphatic carbocycles. The van der Waals surface area contributed by atoms with Crippen molar-refractivity contribution in [2.45, 2.75) is 6.42 Å². The van der Waals surface area contributed by atoms with Crippen LogP contribution in [0.4, 0.5) is 0 Å². The Morgan fingerprint density at radius 2 is 2.11 bits per heavy atom. The number of carbonyl (C=O) groups is 1. The van der Waals surface area contributed by atoms with Gasteiger partial charge in [0.15, 0.2) is 5.01 Å². The van der Waals surface area contributed by atoms with E-state index in [1.807, 2.05) is 30.3 Å². The fraction of sp³-hybridized carbons (Fsp3) is 0.231. The van der Waals surface area contributed by atoms with Gasteiger partial charge in [0.1, 0.15) is 0 Å². The van der Waals surface area contributed by atoms with Gasteiger partial charge in [-0.3, -0.25) is 4.79 Å². The normalized spacial score (nSPS) is 10.5. The van der Waals surface area contributed by atoms with Crippen LogP contribution in [0.5, 0.6) is 0 Å². The van der Waals surface area contributed by atoms with Gasteiger partial charge in [0.25, 0.3) is 5.91 Å². The van der Waals surface area contributed by atoms with Crippen molar-refractivity contribution in [2.75, 3.05) is 13.7 Å². The number of carbonyl (C=O) groups excluding carboxylic acids is 1. The van der Waals surface area contributed by atoms with Crippen LogP contribution in [0.2, 0.25) is 0 Å². The number of aromatic nitrogens is 1. The molecule has 1 aromatic heterocycles. The smallest absolute Gasteiger partial charge is 0.277 e. The van der Waals surface area contributed by atoms with Crippen LogP contribution in [0.25, 0.3) is 11.3 Å². The molecular formula is C13H14N2O2S. The minimum atomic E-state index is -0.485. The van der Waals surface area contributed by atoms with Gasteiger partial charge < -0.3 is 10.5 Å². The number of hydrogen-bond donors (Lipinski definition) is 1. The first-order valence-electron chi connectivity index (χ1n) is 5.56. The van der Waals surface area contributed by atoms with Gasteiger partial charge in [0.05, 0.1) is 12.3 Å². The molecule has 4 nitrogen and oxygen atoms in total. The zero-order valence-corrected chi connectivity index (χ0v) is 10.9. The number of hydrogen-bond acceptors (Lipinski definition) is 4. The van der Waals surface area contributed by atoms with Crippen molar-refractivity contribution in [3.8, 4) is 11.3 Å². The van der Waals surface area contributed by atoms with Gasteiger partial charge in [-0.05, 0) is 0 Å². The largest absolute Gasteiger partial charge is 0.384 e. The first-order valence-corrected chi connectivity index (χ1v) is 6.38. The zero-order valence-electron chi connectivity index (χ0n) is 10.1. The molecule has 0 bridgehead atoms. The second-order valence-electron chi connectivity index (χ2n) is 3.76. The summed E-state index contributed by atoms with van der Waals surface area (Å²) < 4.78 is 5.07. The van der Waals surface area contributed by atoms with E-state index in [1.165, 1.54) is 11.3 Å². The molecule has 0 radical (unpaired) electrons. The number of nitrogens with two attached hydrogens (primary N) is 1. The summed E-state index contributed by atoms with van der Waals surface area (Å²) in [7, 11) is 1.65. The number of methoxy groups -OCH3 is 1. The molecule has 2 N–H and O–H groups in total. The van der Waals surface area contributed by atoms with Crippen molar-refractivity contribution < 1.29 is 9.53 Å². The van der Waals surface area contributed by atoms with Crippen LogP contribution in [-0.4, -0.2) is 24.6 Å². The van der Waals surface area contributed by atoms with Gasteiger partial charge in [0, 0.05) is 24.0 Å². The van der Waals surface area contributed by atoms with Crippen LogP contribution in [0.3, 0.4) is 0 Å².